The second kappa shape index (κ2) is 5.63. The minimum absolute atomic E-state index is 0.0331. The molecule has 2 fully saturated rings. The van der Waals surface area contributed by atoms with Crippen molar-refractivity contribution in [3.63, 3.8) is 0 Å². The van der Waals surface area contributed by atoms with Crippen LogP contribution in [0, 0.1) is 5.92 Å². The Labute approximate surface area is 119 Å². The van der Waals surface area contributed by atoms with E-state index >= 15 is 0 Å². The van der Waals surface area contributed by atoms with Gasteiger partial charge in [0, 0.05) is 11.4 Å². The number of nitrogens with one attached hydrogen (secondary N) is 1. The Morgan fingerprint density at radius 1 is 1.47 bits per heavy atom. The Hall–Kier alpha value is -0.870. The number of unbranched alkanes of at least 4 members (excludes halogenated alkanes) is 1. The lowest BCUT2D eigenvalue weighted by molar-refractivity contribution is -0.130. The monoisotopic (exact) mass is 278 g/mol. The second-order valence-electron chi connectivity index (χ2n) is 5.71. The van der Waals surface area contributed by atoms with Crippen LogP contribution in [0.1, 0.15) is 50.1 Å². The van der Waals surface area contributed by atoms with E-state index in [2.05, 4.69) is 34.7 Å². The molecule has 3 rings (SSSR count). The van der Waals surface area contributed by atoms with Gasteiger partial charge in [-0.3, -0.25) is 10.1 Å². The van der Waals surface area contributed by atoms with Gasteiger partial charge in [-0.05, 0) is 36.6 Å². The van der Waals surface area contributed by atoms with Crippen molar-refractivity contribution in [2.75, 3.05) is 6.54 Å². The van der Waals surface area contributed by atoms with Crippen molar-refractivity contribution in [2.45, 2.75) is 51.2 Å². The Balaban J connectivity index is 1.74. The molecule has 2 heterocycles. The molecule has 2 unspecified atom stereocenters. The maximum atomic E-state index is 12.5. The van der Waals surface area contributed by atoms with Crippen molar-refractivity contribution < 1.29 is 4.79 Å². The normalized spacial score (nSPS) is 27.2. The topological polar surface area (TPSA) is 32.3 Å². The summed E-state index contributed by atoms with van der Waals surface area (Å²) in [7, 11) is 0. The van der Waals surface area contributed by atoms with Gasteiger partial charge in [0.1, 0.15) is 6.17 Å². The molecular weight excluding hydrogens is 256 g/mol. The summed E-state index contributed by atoms with van der Waals surface area (Å²) in [5.74, 6) is 1.07. The molecular formula is C15H22N2OS. The summed E-state index contributed by atoms with van der Waals surface area (Å²) in [5.41, 5.74) is 0. The van der Waals surface area contributed by atoms with Gasteiger partial charge >= 0.3 is 0 Å². The fraction of sp³-hybridized carbons (Fsp3) is 0.667. The molecule has 0 aromatic carbocycles. The smallest absolute Gasteiger partial charge is 0.241 e. The number of hydrogen-bond donors (Lipinski definition) is 1. The van der Waals surface area contributed by atoms with Gasteiger partial charge in [0.05, 0.1) is 6.04 Å². The molecule has 2 atom stereocenters. The number of carbonyl (C=O) groups is 1. The Kier molecular flexibility index (Phi) is 3.89. The summed E-state index contributed by atoms with van der Waals surface area (Å²) >= 11 is 1.74. The van der Waals surface area contributed by atoms with E-state index in [1.807, 2.05) is 0 Å². The van der Waals surface area contributed by atoms with Crippen LogP contribution in [0.4, 0.5) is 0 Å². The number of rotatable bonds is 6. The van der Waals surface area contributed by atoms with E-state index < -0.39 is 0 Å². The lowest BCUT2D eigenvalue weighted by Gasteiger charge is -2.23. The van der Waals surface area contributed by atoms with E-state index in [1.54, 1.807) is 11.3 Å². The van der Waals surface area contributed by atoms with Gasteiger partial charge in [0.25, 0.3) is 0 Å². The number of carbonyl (C=O) groups excluding carboxylic acids is 1. The molecule has 1 aromatic rings. The Morgan fingerprint density at radius 3 is 2.95 bits per heavy atom. The fourth-order valence-electron chi connectivity index (χ4n) is 2.75. The van der Waals surface area contributed by atoms with Gasteiger partial charge in [-0.15, -0.1) is 11.3 Å². The summed E-state index contributed by atoms with van der Waals surface area (Å²) in [5, 5.41) is 5.64. The van der Waals surface area contributed by atoms with E-state index in [0.717, 1.165) is 31.7 Å². The van der Waals surface area contributed by atoms with E-state index in [0.29, 0.717) is 5.91 Å². The lowest BCUT2D eigenvalue weighted by Crippen LogP contribution is -2.32. The van der Waals surface area contributed by atoms with E-state index in [-0.39, 0.29) is 12.2 Å². The maximum absolute atomic E-state index is 12.5. The van der Waals surface area contributed by atoms with Crippen molar-refractivity contribution in [1.29, 1.82) is 0 Å². The van der Waals surface area contributed by atoms with Gasteiger partial charge in [-0.1, -0.05) is 25.8 Å². The summed E-state index contributed by atoms with van der Waals surface area (Å²) in [6, 6.07) is 4.24. The van der Waals surface area contributed by atoms with Crippen LogP contribution in [0.2, 0.25) is 0 Å². The minimum Gasteiger partial charge on any atom is -0.320 e. The highest BCUT2D eigenvalue weighted by molar-refractivity contribution is 7.10. The summed E-state index contributed by atoms with van der Waals surface area (Å²) in [6.07, 6.45) is 5.95. The molecule has 0 spiro atoms. The van der Waals surface area contributed by atoms with Gasteiger partial charge in [0.15, 0.2) is 0 Å². The molecule has 0 radical (unpaired) electrons. The van der Waals surface area contributed by atoms with Crippen LogP contribution in [0.15, 0.2) is 17.5 Å². The van der Waals surface area contributed by atoms with Crippen LogP contribution < -0.4 is 5.32 Å². The summed E-state index contributed by atoms with van der Waals surface area (Å²) in [6.45, 7) is 3.12. The van der Waals surface area contributed by atoms with Crippen LogP contribution in [0.25, 0.3) is 0 Å². The molecule has 1 N–H and O–H groups in total. The number of thiophene rings is 1. The molecule has 3 nitrogen and oxygen atoms in total. The largest absolute Gasteiger partial charge is 0.320 e. The Bertz CT molecular complexity index is 427. The van der Waals surface area contributed by atoms with Crippen molar-refractivity contribution >= 4 is 17.2 Å². The molecule has 1 aliphatic heterocycles. The van der Waals surface area contributed by atoms with Crippen LogP contribution in [0.5, 0.6) is 0 Å². The van der Waals surface area contributed by atoms with E-state index in [4.69, 9.17) is 0 Å². The van der Waals surface area contributed by atoms with Crippen molar-refractivity contribution in [3.8, 4) is 0 Å². The number of amides is 1. The predicted octanol–water partition coefficient (Wildman–Crippen LogP) is 3.15. The molecule has 104 valence electrons. The maximum Gasteiger partial charge on any atom is 0.241 e. The molecule has 2 aliphatic rings. The van der Waals surface area contributed by atoms with Crippen LogP contribution in [0.3, 0.4) is 0 Å². The Morgan fingerprint density at radius 2 is 2.32 bits per heavy atom. The molecule has 1 aromatic heterocycles. The van der Waals surface area contributed by atoms with Gasteiger partial charge < -0.3 is 4.90 Å². The first-order valence-corrected chi connectivity index (χ1v) is 8.27. The molecule has 4 heteroatoms. The number of nitrogens with zero attached hydrogens (tertiary/aromatic N) is 1. The van der Waals surface area contributed by atoms with Crippen molar-refractivity contribution in [3.05, 3.63) is 22.4 Å². The van der Waals surface area contributed by atoms with Crippen LogP contribution >= 0.6 is 11.3 Å². The average molecular weight is 278 g/mol. The molecule has 1 saturated heterocycles. The molecule has 1 amide bonds. The average Bonchev–Trinajstić information content (AvgIpc) is 2.96. The molecule has 19 heavy (non-hydrogen) atoms. The van der Waals surface area contributed by atoms with Gasteiger partial charge in [0.2, 0.25) is 5.91 Å². The van der Waals surface area contributed by atoms with Gasteiger partial charge in [-0.25, -0.2) is 0 Å². The molecule has 1 saturated carbocycles. The minimum atomic E-state index is 0.0331. The third-order valence-corrected chi connectivity index (χ3v) is 4.99. The quantitative estimate of drug-likeness (QED) is 0.867. The third kappa shape index (κ3) is 2.84. The predicted molar refractivity (Wildman–Crippen MR) is 77.9 cm³/mol. The van der Waals surface area contributed by atoms with Crippen molar-refractivity contribution in [2.24, 2.45) is 5.92 Å². The summed E-state index contributed by atoms with van der Waals surface area (Å²) in [4.78, 5) is 15.9. The zero-order chi connectivity index (χ0) is 13.2. The second-order valence-corrected chi connectivity index (χ2v) is 6.69. The SMILES string of the molecule is CCCCC1NC(c2cccs2)N(CC2CC2)C1=O. The van der Waals surface area contributed by atoms with Gasteiger partial charge in [-0.2, -0.15) is 0 Å². The fourth-order valence-corrected chi connectivity index (χ4v) is 3.55. The van der Waals surface area contributed by atoms with Crippen molar-refractivity contribution in [1.82, 2.24) is 10.2 Å². The highest BCUT2D eigenvalue weighted by atomic mass is 32.1. The molecule has 1 aliphatic carbocycles. The van der Waals surface area contributed by atoms with Crippen LogP contribution in [-0.2, 0) is 4.79 Å². The highest BCUT2D eigenvalue weighted by Crippen LogP contribution is 2.36. The first-order chi connectivity index (χ1) is 9.29. The number of hydrogen-bond acceptors (Lipinski definition) is 3. The zero-order valence-electron chi connectivity index (χ0n) is 11.5. The van der Waals surface area contributed by atoms with Crippen LogP contribution in [-0.4, -0.2) is 23.4 Å². The lowest BCUT2D eigenvalue weighted by atomic mass is 10.1. The first kappa shape index (κ1) is 13.1. The van der Waals surface area contributed by atoms with E-state index in [9.17, 15) is 4.79 Å². The standard InChI is InChI=1S/C15H22N2OS/c1-2-3-5-12-15(18)17(10-11-7-8-11)14(16-12)13-6-4-9-19-13/h4,6,9,11-12,14,16H,2-3,5,7-8,10H2,1H3. The highest BCUT2D eigenvalue weighted by Gasteiger charge is 2.41. The van der Waals surface area contributed by atoms with E-state index in [1.165, 1.54) is 17.7 Å². The first-order valence-electron chi connectivity index (χ1n) is 7.39. The zero-order valence-corrected chi connectivity index (χ0v) is 12.3. The molecule has 0 bridgehead atoms. The third-order valence-electron chi connectivity index (χ3n) is 4.06. The summed E-state index contributed by atoms with van der Waals surface area (Å²) < 4.78 is 0.